The van der Waals surface area contributed by atoms with Gasteiger partial charge in [0.15, 0.2) is 18.3 Å². The Bertz CT molecular complexity index is 1290. The first kappa shape index (κ1) is 31.3. The number of hydrogen-bond acceptors (Lipinski definition) is 10. The lowest BCUT2D eigenvalue weighted by Crippen LogP contribution is -2.59. The third-order valence-corrected chi connectivity index (χ3v) is 7.43. The molecule has 1 heterocycles. The second-order valence-corrected chi connectivity index (χ2v) is 10.9. The molecule has 0 unspecified atom stereocenters. The zero-order valence-electron chi connectivity index (χ0n) is 24.0. The van der Waals surface area contributed by atoms with Gasteiger partial charge >= 0.3 is 23.9 Å². The Morgan fingerprint density at radius 2 is 1.43 bits per heavy atom. The van der Waals surface area contributed by atoms with E-state index in [0.717, 1.165) is 29.7 Å². The maximum Gasteiger partial charge on any atom is 0.303 e. The molecule has 226 valence electrons. The molecule has 2 aromatic carbocycles. The Kier molecular flexibility index (Phi) is 10.5. The third-order valence-electron chi connectivity index (χ3n) is 7.06. The van der Waals surface area contributed by atoms with Gasteiger partial charge in [-0.15, -0.1) is 0 Å². The van der Waals surface area contributed by atoms with Crippen molar-refractivity contribution in [1.29, 1.82) is 0 Å². The zero-order valence-corrected chi connectivity index (χ0v) is 24.8. The molecule has 1 saturated heterocycles. The minimum Gasteiger partial charge on any atom is -0.490 e. The summed E-state index contributed by atoms with van der Waals surface area (Å²) in [5, 5.41) is 0.513. The Morgan fingerprint density at radius 3 is 2.00 bits per heavy atom. The highest BCUT2D eigenvalue weighted by atomic mass is 35.5. The molecule has 0 aromatic heterocycles. The van der Waals surface area contributed by atoms with E-state index in [1.54, 1.807) is 12.1 Å². The standard InChI is InChI=1S/C31H35ClO10/c1-17(33)37-16-27-29(38-18(2)34)31(40-20(4)36)30(39-19(3)35)28(42-27)22-10-13-26(32)23(15-22)14-21-8-11-25(12-9-21)41-24-6-5-7-24/h8-13,15,24,27-31H,5-7,14,16H2,1-4H3/t27-,28+,29-,30+,31+/m1/s1. The number of hydrogen-bond donors (Lipinski definition) is 0. The van der Waals surface area contributed by atoms with E-state index in [2.05, 4.69) is 0 Å². The van der Waals surface area contributed by atoms with E-state index < -0.39 is 54.4 Å². The molecular formula is C31H35ClO10. The van der Waals surface area contributed by atoms with E-state index in [9.17, 15) is 19.2 Å². The molecule has 1 aliphatic heterocycles. The molecule has 2 fully saturated rings. The summed E-state index contributed by atoms with van der Waals surface area (Å²) in [7, 11) is 0. The van der Waals surface area contributed by atoms with Crippen LogP contribution in [0.5, 0.6) is 5.75 Å². The van der Waals surface area contributed by atoms with Gasteiger partial charge in [-0.3, -0.25) is 19.2 Å². The molecule has 11 heteroatoms. The maximum atomic E-state index is 12.2. The lowest BCUT2D eigenvalue weighted by Gasteiger charge is -2.44. The Morgan fingerprint density at radius 1 is 0.810 bits per heavy atom. The molecule has 0 amide bonds. The molecule has 4 rings (SSSR count). The first-order valence-electron chi connectivity index (χ1n) is 13.8. The molecular weight excluding hydrogens is 568 g/mol. The van der Waals surface area contributed by atoms with Crippen LogP contribution >= 0.6 is 11.6 Å². The number of halogens is 1. The van der Waals surface area contributed by atoms with Crippen molar-refractivity contribution in [3.8, 4) is 5.75 Å². The van der Waals surface area contributed by atoms with E-state index >= 15 is 0 Å². The summed E-state index contributed by atoms with van der Waals surface area (Å²) < 4.78 is 34.1. The summed E-state index contributed by atoms with van der Waals surface area (Å²) in [6, 6.07) is 13.1. The summed E-state index contributed by atoms with van der Waals surface area (Å²) in [6.07, 6.45) is -1.59. The second kappa shape index (κ2) is 14.0. The predicted octanol–water partition coefficient (Wildman–Crippen LogP) is 4.66. The van der Waals surface area contributed by atoms with Crippen LogP contribution < -0.4 is 4.74 Å². The van der Waals surface area contributed by atoms with Crippen LogP contribution in [0.25, 0.3) is 0 Å². The van der Waals surface area contributed by atoms with Crippen molar-refractivity contribution in [1.82, 2.24) is 0 Å². The highest BCUT2D eigenvalue weighted by Gasteiger charge is 2.52. The predicted molar refractivity (Wildman–Crippen MR) is 150 cm³/mol. The van der Waals surface area contributed by atoms with Crippen LogP contribution in [0.1, 0.15) is 69.8 Å². The molecule has 1 aliphatic carbocycles. The molecule has 0 bridgehead atoms. The molecule has 42 heavy (non-hydrogen) atoms. The largest absolute Gasteiger partial charge is 0.490 e. The Labute approximate surface area is 249 Å². The van der Waals surface area contributed by atoms with E-state index in [-0.39, 0.29) is 12.7 Å². The summed E-state index contributed by atoms with van der Waals surface area (Å²) >= 11 is 6.59. The van der Waals surface area contributed by atoms with Gasteiger partial charge < -0.3 is 28.4 Å². The molecule has 2 aromatic rings. The van der Waals surface area contributed by atoms with Gasteiger partial charge in [0.05, 0.1) is 6.10 Å². The van der Waals surface area contributed by atoms with E-state index in [0.29, 0.717) is 17.0 Å². The molecule has 10 nitrogen and oxygen atoms in total. The van der Waals surface area contributed by atoms with Crippen LogP contribution in [-0.4, -0.2) is 61.0 Å². The monoisotopic (exact) mass is 602 g/mol. The number of rotatable bonds is 10. The van der Waals surface area contributed by atoms with Gasteiger partial charge in [0, 0.05) is 32.7 Å². The van der Waals surface area contributed by atoms with Gasteiger partial charge in [0.1, 0.15) is 24.6 Å². The van der Waals surface area contributed by atoms with Crippen molar-refractivity contribution in [3.05, 3.63) is 64.2 Å². The van der Waals surface area contributed by atoms with Gasteiger partial charge in [-0.25, -0.2) is 0 Å². The average Bonchev–Trinajstić information content (AvgIpc) is 2.89. The molecule has 2 aliphatic rings. The highest BCUT2D eigenvalue weighted by Crippen LogP contribution is 2.39. The van der Waals surface area contributed by atoms with Crippen LogP contribution in [0.4, 0.5) is 0 Å². The summed E-state index contributed by atoms with van der Waals surface area (Å²) in [5.74, 6) is -1.81. The Hall–Kier alpha value is -3.63. The molecule has 1 saturated carbocycles. The highest BCUT2D eigenvalue weighted by molar-refractivity contribution is 6.31. The van der Waals surface area contributed by atoms with Gasteiger partial charge in [-0.1, -0.05) is 35.9 Å². The fourth-order valence-electron chi connectivity index (χ4n) is 4.99. The smallest absolute Gasteiger partial charge is 0.303 e. The van der Waals surface area contributed by atoms with Crippen molar-refractivity contribution < 1.29 is 47.6 Å². The normalized spacial score (nSPS) is 23.7. The summed E-state index contributed by atoms with van der Waals surface area (Å²) in [4.78, 5) is 48.0. The van der Waals surface area contributed by atoms with Crippen LogP contribution in [0.2, 0.25) is 5.02 Å². The van der Waals surface area contributed by atoms with Crippen molar-refractivity contribution in [2.24, 2.45) is 0 Å². The first-order valence-corrected chi connectivity index (χ1v) is 14.2. The number of ether oxygens (including phenoxy) is 6. The van der Waals surface area contributed by atoms with Gasteiger partial charge in [-0.05, 0) is 60.6 Å². The van der Waals surface area contributed by atoms with Crippen LogP contribution in [0, 0.1) is 0 Å². The van der Waals surface area contributed by atoms with Gasteiger partial charge in [-0.2, -0.15) is 0 Å². The van der Waals surface area contributed by atoms with Gasteiger partial charge in [0.25, 0.3) is 0 Å². The maximum absolute atomic E-state index is 12.2. The van der Waals surface area contributed by atoms with E-state index in [4.69, 9.17) is 40.0 Å². The van der Waals surface area contributed by atoms with Crippen molar-refractivity contribution in [2.45, 2.75) is 90.0 Å². The number of carbonyl (C=O) groups excluding carboxylic acids is 4. The second-order valence-electron chi connectivity index (χ2n) is 10.5. The minimum atomic E-state index is -1.25. The minimum absolute atomic E-state index is 0.281. The van der Waals surface area contributed by atoms with Crippen molar-refractivity contribution in [2.75, 3.05) is 6.61 Å². The van der Waals surface area contributed by atoms with Crippen LogP contribution in [0.3, 0.4) is 0 Å². The first-order chi connectivity index (χ1) is 20.0. The van der Waals surface area contributed by atoms with E-state index in [1.165, 1.54) is 34.1 Å². The zero-order chi connectivity index (χ0) is 30.4. The average molecular weight is 603 g/mol. The molecule has 0 N–H and O–H groups in total. The van der Waals surface area contributed by atoms with Crippen LogP contribution in [0.15, 0.2) is 42.5 Å². The third kappa shape index (κ3) is 8.23. The lowest BCUT2D eigenvalue weighted by molar-refractivity contribution is -0.254. The summed E-state index contributed by atoms with van der Waals surface area (Å²) in [6.45, 7) is 4.50. The van der Waals surface area contributed by atoms with Crippen molar-refractivity contribution in [3.63, 3.8) is 0 Å². The van der Waals surface area contributed by atoms with Gasteiger partial charge in [0.2, 0.25) is 0 Å². The van der Waals surface area contributed by atoms with E-state index in [1.807, 2.05) is 30.3 Å². The SMILES string of the molecule is CC(=O)OC[C@H]1O[C@@H](c2ccc(Cl)c(Cc3ccc(OC4CCC4)cc3)c2)[C@H](OC(C)=O)[C@@H](OC(C)=O)[C@@H]1OC(C)=O. The molecule has 5 atom stereocenters. The quantitative estimate of drug-likeness (QED) is 0.280. The topological polar surface area (TPSA) is 124 Å². The number of benzene rings is 2. The fourth-order valence-corrected chi connectivity index (χ4v) is 5.18. The summed E-state index contributed by atoms with van der Waals surface area (Å²) in [5.41, 5.74) is 2.34. The molecule has 0 spiro atoms. The van der Waals surface area contributed by atoms with Crippen LogP contribution in [-0.2, 0) is 49.3 Å². The fraction of sp³-hybridized carbons (Fsp3) is 0.484. The molecule has 0 radical (unpaired) electrons. The lowest BCUT2D eigenvalue weighted by atomic mass is 9.89. The Balaban J connectivity index is 1.66. The van der Waals surface area contributed by atoms with Crippen molar-refractivity contribution >= 4 is 35.5 Å². The number of carbonyl (C=O) groups is 4. The number of esters is 4.